The van der Waals surface area contributed by atoms with Crippen molar-refractivity contribution in [1.82, 2.24) is 0 Å². The highest BCUT2D eigenvalue weighted by molar-refractivity contribution is 5.83. The number of fused-ring (bicyclic) bond motifs is 3. The van der Waals surface area contributed by atoms with Crippen LogP contribution in [-0.2, 0) is 4.79 Å². The first-order valence-corrected chi connectivity index (χ1v) is 11.6. The molecule has 1 fully saturated rings. The minimum Gasteiger partial charge on any atom is -0.426 e. The summed E-state index contributed by atoms with van der Waals surface area (Å²) in [7, 11) is 0. The van der Waals surface area contributed by atoms with Gasteiger partial charge in [-0.1, -0.05) is 78.9 Å². The van der Waals surface area contributed by atoms with E-state index in [-0.39, 0.29) is 29.6 Å². The van der Waals surface area contributed by atoms with Crippen LogP contribution in [0.1, 0.15) is 42.4 Å². The Kier molecular flexibility index (Phi) is 5.57. The van der Waals surface area contributed by atoms with Crippen molar-refractivity contribution in [1.29, 1.82) is 0 Å². The van der Waals surface area contributed by atoms with Crippen LogP contribution >= 0.6 is 0 Å². The maximum atomic E-state index is 13.2. The van der Waals surface area contributed by atoms with Gasteiger partial charge in [0.25, 0.3) is 0 Å². The third kappa shape index (κ3) is 3.52. The largest absolute Gasteiger partial charge is 0.426 e. The summed E-state index contributed by atoms with van der Waals surface area (Å²) in [6, 6.07) is 27.2. The number of hydrogen-bond donors (Lipinski definition) is 0. The number of carbonyl (C=O) groups is 1. The molecule has 32 heavy (non-hydrogen) atoms. The van der Waals surface area contributed by atoms with Crippen LogP contribution in [-0.4, -0.2) is 19.1 Å². The van der Waals surface area contributed by atoms with E-state index in [9.17, 15) is 4.79 Å². The Balaban J connectivity index is 1.54. The van der Waals surface area contributed by atoms with Crippen LogP contribution in [0.2, 0.25) is 0 Å². The minimum atomic E-state index is -0.144. The van der Waals surface area contributed by atoms with Crippen LogP contribution in [0.3, 0.4) is 0 Å². The SMILES string of the molecule is CCN(CC)c1ccc2c(c1)OC(=O)[C@@H]1[C@H](c3ccccc3)[C@H](/C=C/c3ccccc3)[C@H]21. The molecule has 0 spiro atoms. The van der Waals surface area contributed by atoms with Gasteiger partial charge in [-0.15, -0.1) is 0 Å². The van der Waals surface area contributed by atoms with E-state index in [0.717, 1.165) is 30.1 Å². The summed E-state index contributed by atoms with van der Waals surface area (Å²) in [6.07, 6.45) is 4.50. The van der Waals surface area contributed by atoms with Crippen molar-refractivity contribution in [2.75, 3.05) is 18.0 Å². The van der Waals surface area contributed by atoms with Crippen molar-refractivity contribution in [2.45, 2.75) is 25.7 Å². The molecule has 0 saturated heterocycles. The Bertz CT molecular complexity index is 1120. The fourth-order valence-corrected chi connectivity index (χ4v) is 5.45. The van der Waals surface area contributed by atoms with Gasteiger partial charge in [0.2, 0.25) is 0 Å². The van der Waals surface area contributed by atoms with Crippen molar-refractivity contribution >= 4 is 17.7 Å². The summed E-state index contributed by atoms with van der Waals surface area (Å²) in [5.74, 6) is 0.997. The summed E-state index contributed by atoms with van der Waals surface area (Å²) >= 11 is 0. The molecular weight excluding hydrogens is 394 g/mol. The first-order valence-electron chi connectivity index (χ1n) is 11.6. The lowest BCUT2D eigenvalue weighted by molar-refractivity contribution is -0.148. The molecule has 3 heteroatoms. The fraction of sp³-hybridized carbons (Fsp3) is 0.276. The molecule has 162 valence electrons. The quantitative estimate of drug-likeness (QED) is 0.345. The van der Waals surface area contributed by atoms with E-state index >= 15 is 0 Å². The molecule has 1 aliphatic heterocycles. The molecule has 1 saturated carbocycles. The Morgan fingerprint density at radius 2 is 1.53 bits per heavy atom. The summed E-state index contributed by atoms with van der Waals surface area (Å²) in [6.45, 7) is 6.14. The molecule has 0 aromatic heterocycles. The van der Waals surface area contributed by atoms with Crippen molar-refractivity contribution in [2.24, 2.45) is 11.8 Å². The van der Waals surface area contributed by atoms with Crippen LogP contribution in [0, 0.1) is 11.8 Å². The van der Waals surface area contributed by atoms with Crippen molar-refractivity contribution in [3.05, 3.63) is 102 Å². The van der Waals surface area contributed by atoms with E-state index in [2.05, 4.69) is 91.6 Å². The second kappa shape index (κ2) is 8.66. The standard InChI is InChI=1S/C29H29NO2/c1-3-30(4-2)22-16-18-23-25(19-22)32-29(31)28-26(21-13-9-6-10-14-21)24(27(23)28)17-15-20-11-7-5-8-12-20/h5-19,24,26-28H,3-4H2,1-2H3/b17-15+/t24-,26+,27-,28+/m0/s1. The van der Waals surface area contributed by atoms with Gasteiger partial charge in [-0.2, -0.15) is 0 Å². The lowest BCUT2D eigenvalue weighted by atomic mass is 9.51. The first kappa shape index (κ1) is 20.6. The van der Waals surface area contributed by atoms with E-state index in [1.165, 1.54) is 11.1 Å². The predicted molar refractivity (Wildman–Crippen MR) is 130 cm³/mol. The van der Waals surface area contributed by atoms with Gasteiger partial charge in [-0.25, -0.2) is 0 Å². The van der Waals surface area contributed by atoms with Gasteiger partial charge in [-0.05, 0) is 42.5 Å². The summed E-state index contributed by atoms with van der Waals surface area (Å²) < 4.78 is 5.92. The molecule has 2 aliphatic rings. The van der Waals surface area contributed by atoms with E-state index in [1.807, 2.05) is 18.2 Å². The monoisotopic (exact) mass is 423 g/mol. The van der Waals surface area contributed by atoms with Gasteiger partial charge in [0.05, 0.1) is 5.92 Å². The maximum Gasteiger partial charge on any atom is 0.315 e. The second-order valence-electron chi connectivity index (χ2n) is 8.65. The summed E-state index contributed by atoms with van der Waals surface area (Å²) in [5.41, 5.74) is 4.64. The molecule has 3 nitrogen and oxygen atoms in total. The highest BCUT2D eigenvalue weighted by Gasteiger charge is 2.57. The molecule has 0 unspecified atom stereocenters. The molecule has 1 heterocycles. The number of rotatable bonds is 6. The molecular formula is C29H29NO2. The zero-order valence-electron chi connectivity index (χ0n) is 18.6. The zero-order chi connectivity index (χ0) is 22.1. The normalized spacial score (nSPS) is 23.8. The topological polar surface area (TPSA) is 29.5 Å². The van der Waals surface area contributed by atoms with E-state index in [4.69, 9.17) is 4.74 Å². The van der Waals surface area contributed by atoms with Crippen LogP contribution in [0.15, 0.2) is 84.9 Å². The van der Waals surface area contributed by atoms with Gasteiger partial charge in [-0.3, -0.25) is 4.79 Å². The molecule has 3 aromatic carbocycles. The van der Waals surface area contributed by atoms with Gasteiger partial charge >= 0.3 is 5.97 Å². The summed E-state index contributed by atoms with van der Waals surface area (Å²) in [5, 5.41) is 0. The smallest absolute Gasteiger partial charge is 0.315 e. The van der Waals surface area contributed by atoms with Crippen LogP contribution < -0.4 is 9.64 Å². The number of ether oxygens (including phenoxy) is 1. The number of carbonyl (C=O) groups excluding carboxylic acids is 1. The molecule has 5 rings (SSSR count). The Labute approximate surface area is 190 Å². The Morgan fingerprint density at radius 1 is 0.844 bits per heavy atom. The van der Waals surface area contributed by atoms with Crippen LogP contribution in [0.25, 0.3) is 6.08 Å². The molecule has 1 aliphatic carbocycles. The van der Waals surface area contributed by atoms with Gasteiger partial charge in [0.15, 0.2) is 0 Å². The van der Waals surface area contributed by atoms with E-state index in [1.54, 1.807) is 0 Å². The van der Waals surface area contributed by atoms with E-state index in [0.29, 0.717) is 0 Å². The van der Waals surface area contributed by atoms with Crippen molar-refractivity contribution in [3.8, 4) is 5.75 Å². The Morgan fingerprint density at radius 3 is 2.22 bits per heavy atom. The Hall–Kier alpha value is -3.33. The molecule has 4 atom stereocenters. The van der Waals surface area contributed by atoms with Crippen molar-refractivity contribution in [3.63, 3.8) is 0 Å². The first-order chi connectivity index (χ1) is 15.7. The van der Waals surface area contributed by atoms with E-state index < -0.39 is 0 Å². The zero-order valence-corrected chi connectivity index (χ0v) is 18.6. The molecule has 0 amide bonds. The number of anilines is 1. The average molecular weight is 424 g/mol. The van der Waals surface area contributed by atoms with Crippen molar-refractivity contribution < 1.29 is 9.53 Å². The predicted octanol–water partition coefficient (Wildman–Crippen LogP) is 6.28. The maximum absolute atomic E-state index is 13.2. The number of hydrogen-bond acceptors (Lipinski definition) is 3. The lowest BCUT2D eigenvalue weighted by Gasteiger charge is -2.52. The van der Waals surface area contributed by atoms with Gasteiger partial charge in [0.1, 0.15) is 5.75 Å². The second-order valence-corrected chi connectivity index (χ2v) is 8.65. The average Bonchev–Trinajstić information content (AvgIpc) is 2.81. The number of nitrogens with zero attached hydrogens (tertiary/aromatic N) is 1. The lowest BCUT2D eigenvalue weighted by Crippen LogP contribution is -2.50. The third-order valence-corrected chi connectivity index (χ3v) is 7.07. The molecule has 3 aromatic rings. The van der Waals surface area contributed by atoms with Crippen LogP contribution in [0.4, 0.5) is 5.69 Å². The van der Waals surface area contributed by atoms with Crippen LogP contribution in [0.5, 0.6) is 5.75 Å². The summed E-state index contributed by atoms with van der Waals surface area (Å²) in [4.78, 5) is 15.5. The third-order valence-electron chi connectivity index (χ3n) is 7.07. The highest BCUT2D eigenvalue weighted by atomic mass is 16.5. The van der Waals surface area contributed by atoms with Gasteiger partial charge in [0, 0.05) is 36.7 Å². The van der Waals surface area contributed by atoms with Gasteiger partial charge < -0.3 is 9.64 Å². The number of esters is 1. The molecule has 0 bridgehead atoms. The molecule has 0 N–H and O–H groups in total. The minimum absolute atomic E-state index is 0.0996. The molecule has 0 radical (unpaired) electrons. The number of benzene rings is 3. The highest BCUT2D eigenvalue weighted by Crippen LogP contribution is 2.62. The number of allylic oxidation sites excluding steroid dienone is 1. The fourth-order valence-electron chi connectivity index (χ4n) is 5.45.